The highest BCUT2D eigenvalue weighted by molar-refractivity contribution is 5.74. The zero-order valence-electron chi connectivity index (χ0n) is 5.50. The van der Waals surface area contributed by atoms with E-state index < -0.39 is 12.0 Å². The maximum atomic E-state index is 10.3. The molecule has 0 bridgehead atoms. The van der Waals surface area contributed by atoms with E-state index in [1.54, 1.807) is 0 Å². The number of hydrogen-bond acceptors (Lipinski definition) is 2. The molecule has 1 aliphatic rings. The Labute approximate surface area is 59.4 Å². The first-order valence-electron chi connectivity index (χ1n) is 3.19. The molecule has 0 aromatic carbocycles. The van der Waals surface area contributed by atoms with E-state index in [-0.39, 0.29) is 6.04 Å². The Hall–Kier alpha value is -1.01. The monoisotopic (exact) mass is 139 g/mol. The van der Waals surface area contributed by atoms with Crippen molar-refractivity contribution in [3.8, 4) is 12.3 Å². The number of carboxylic acids is 1. The summed E-state index contributed by atoms with van der Waals surface area (Å²) in [6, 6.07) is -0.470. The minimum atomic E-state index is -0.808. The van der Waals surface area contributed by atoms with Crippen LogP contribution in [-0.4, -0.2) is 23.2 Å². The Kier molecular flexibility index (Phi) is 1.93. The van der Waals surface area contributed by atoms with Gasteiger partial charge in [-0.25, -0.2) is 0 Å². The van der Waals surface area contributed by atoms with Crippen LogP contribution in [0.5, 0.6) is 0 Å². The van der Waals surface area contributed by atoms with Crippen LogP contribution in [0.15, 0.2) is 0 Å². The lowest BCUT2D eigenvalue weighted by atomic mass is 10.2. The molecule has 1 saturated heterocycles. The molecule has 0 amide bonds. The van der Waals surface area contributed by atoms with Gasteiger partial charge in [0.15, 0.2) is 0 Å². The third-order valence-corrected chi connectivity index (χ3v) is 1.65. The average molecular weight is 139 g/mol. The number of aliphatic carboxylic acids is 1. The first-order valence-corrected chi connectivity index (χ1v) is 3.19. The minimum absolute atomic E-state index is 0.0406. The van der Waals surface area contributed by atoms with E-state index >= 15 is 0 Å². The summed E-state index contributed by atoms with van der Waals surface area (Å²) in [5, 5.41) is 11.3. The second-order valence-corrected chi connectivity index (χ2v) is 2.35. The van der Waals surface area contributed by atoms with Gasteiger partial charge in [0.2, 0.25) is 0 Å². The molecule has 1 aliphatic heterocycles. The fraction of sp³-hybridized carbons (Fsp3) is 0.571. The van der Waals surface area contributed by atoms with Crippen LogP contribution in [0.2, 0.25) is 0 Å². The molecule has 0 aromatic heterocycles. The maximum absolute atomic E-state index is 10.3. The molecule has 10 heavy (non-hydrogen) atoms. The number of hydrogen-bond donors (Lipinski definition) is 2. The number of carbonyl (C=O) groups is 1. The number of rotatable bonds is 1. The molecule has 0 saturated carbocycles. The molecular weight excluding hydrogens is 130 g/mol. The maximum Gasteiger partial charge on any atom is 0.320 e. The summed E-state index contributed by atoms with van der Waals surface area (Å²) < 4.78 is 0. The highest BCUT2D eigenvalue weighted by Crippen LogP contribution is 2.10. The smallest absolute Gasteiger partial charge is 0.320 e. The molecule has 1 rings (SSSR count). The van der Waals surface area contributed by atoms with E-state index in [0.717, 1.165) is 6.42 Å². The predicted octanol–water partition coefficient (Wildman–Crippen LogP) is -0.175. The predicted molar refractivity (Wildman–Crippen MR) is 36.4 cm³/mol. The zero-order valence-corrected chi connectivity index (χ0v) is 5.50. The van der Waals surface area contributed by atoms with Gasteiger partial charge in [0.05, 0.1) is 6.04 Å². The van der Waals surface area contributed by atoms with Crippen molar-refractivity contribution in [1.82, 2.24) is 5.32 Å². The van der Waals surface area contributed by atoms with Crippen LogP contribution in [0.1, 0.15) is 12.8 Å². The first-order chi connectivity index (χ1) is 4.74. The number of carboxylic acid groups (broad SMARTS) is 1. The van der Waals surface area contributed by atoms with Gasteiger partial charge in [-0.05, 0) is 12.8 Å². The summed E-state index contributed by atoms with van der Waals surface area (Å²) in [7, 11) is 0. The summed E-state index contributed by atoms with van der Waals surface area (Å²) in [5.41, 5.74) is 0. The third kappa shape index (κ3) is 1.28. The highest BCUT2D eigenvalue weighted by atomic mass is 16.4. The third-order valence-electron chi connectivity index (χ3n) is 1.65. The largest absolute Gasteiger partial charge is 0.480 e. The first kappa shape index (κ1) is 7.10. The second kappa shape index (κ2) is 2.72. The van der Waals surface area contributed by atoms with Gasteiger partial charge in [-0.3, -0.25) is 10.1 Å². The number of nitrogens with one attached hydrogen (secondary N) is 1. The molecule has 3 nitrogen and oxygen atoms in total. The van der Waals surface area contributed by atoms with Crippen molar-refractivity contribution < 1.29 is 9.90 Å². The van der Waals surface area contributed by atoms with Gasteiger partial charge in [0.25, 0.3) is 0 Å². The minimum Gasteiger partial charge on any atom is -0.480 e. The Morgan fingerprint density at radius 2 is 2.40 bits per heavy atom. The van der Waals surface area contributed by atoms with E-state index in [0.29, 0.717) is 6.42 Å². The lowest BCUT2D eigenvalue weighted by Gasteiger charge is -2.03. The summed E-state index contributed by atoms with van der Waals surface area (Å²) in [6.45, 7) is 0. The van der Waals surface area contributed by atoms with Gasteiger partial charge in [0.1, 0.15) is 6.04 Å². The van der Waals surface area contributed by atoms with E-state index in [2.05, 4.69) is 11.2 Å². The van der Waals surface area contributed by atoms with Gasteiger partial charge in [0, 0.05) is 0 Å². The van der Waals surface area contributed by atoms with Gasteiger partial charge in [-0.1, -0.05) is 5.92 Å². The fourth-order valence-corrected chi connectivity index (χ4v) is 1.07. The van der Waals surface area contributed by atoms with Crippen LogP contribution in [0.3, 0.4) is 0 Å². The topological polar surface area (TPSA) is 49.3 Å². The summed E-state index contributed by atoms with van der Waals surface area (Å²) in [4.78, 5) is 10.3. The highest BCUT2D eigenvalue weighted by Gasteiger charge is 2.26. The van der Waals surface area contributed by atoms with Crippen molar-refractivity contribution in [3.63, 3.8) is 0 Å². The Morgan fingerprint density at radius 3 is 2.70 bits per heavy atom. The van der Waals surface area contributed by atoms with E-state index in [1.807, 2.05) is 0 Å². The zero-order chi connectivity index (χ0) is 7.56. The van der Waals surface area contributed by atoms with Gasteiger partial charge < -0.3 is 5.11 Å². The van der Waals surface area contributed by atoms with Crippen molar-refractivity contribution >= 4 is 5.97 Å². The Morgan fingerprint density at radius 1 is 1.70 bits per heavy atom. The van der Waals surface area contributed by atoms with Gasteiger partial charge >= 0.3 is 5.97 Å². The van der Waals surface area contributed by atoms with Crippen LogP contribution in [0.25, 0.3) is 0 Å². The van der Waals surface area contributed by atoms with E-state index in [9.17, 15) is 4.79 Å². The van der Waals surface area contributed by atoms with Crippen LogP contribution in [0, 0.1) is 12.3 Å². The molecule has 54 valence electrons. The Bertz CT molecular complexity index is 183. The second-order valence-electron chi connectivity index (χ2n) is 2.35. The summed E-state index contributed by atoms with van der Waals surface area (Å²) in [6.07, 6.45) is 6.51. The van der Waals surface area contributed by atoms with Crippen molar-refractivity contribution in [1.29, 1.82) is 0 Å². The molecular formula is C7H9NO2. The molecule has 0 unspecified atom stereocenters. The summed E-state index contributed by atoms with van der Waals surface area (Å²) >= 11 is 0. The van der Waals surface area contributed by atoms with Crippen molar-refractivity contribution in [2.24, 2.45) is 0 Å². The van der Waals surface area contributed by atoms with E-state index in [1.165, 1.54) is 0 Å². The fourth-order valence-electron chi connectivity index (χ4n) is 1.07. The van der Waals surface area contributed by atoms with E-state index in [4.69, 9.17) is 11.5 Å². The van der Waals surface area contributed by atoms with Crippen LogP contribution in [0.4, 0.5) is 0 Å². The molecule has 0 spiro atoms. The van der Waals surface area contributed by atoms with Crippen molar-refractivity contribution in [2.75, 3.05) is 0 Å². The summed E-state index contributed by atoms with van der Waals surface area (Å²) in [5.74, 6) is 1.67. The lowest BCUT2D eigenvalue weighted by Crippen LogP contribution is -2.34. The van der Waals surface area contributed by atoms with Crippen LogP contribution in [-0.2, 0) is 4.79 Å². The molecule has 2 atom stereocenters. The molecule has 2 N–H and O–H groups in total. The van der Waals surface area contributed by atoms with Gasteiger partial charge in [-0.15, -0.1) is 6.42 Å². The molecule has 0 aromatic rings. The molecule has 1 fully saturated rings. The quantitative estimate of drug-likeness (QED) is 0.496. The molecule has 3 heteroatoms. The lowest BCUT2D eigenvalue weighted by molar-refractivity contribution is -0.139. The van der Waals surface area contributed by atoms with Gasteiger partial charge in [-0.2, -0.15) is 0 Å². The van der Waals surface area contributed by atoms with Crippen LogP contribution < -0.4 is 5.32 Å². The molecule has 0 radical (unpaired) electrons. The SMILES string of the molecule is C#C[C@@H]1CC[C@@H](C(=O)O)N1. The van der Waals surface area contributed by atoms with Crippen LogP contribution >= 0.6 is 0 Å². The van der Waals surface area contributed by atoms with Crippen molar-refractivity contribution in [2.45, 2.75) is 24.9 Å². The van der Waals surface area contributed by atoms with Crippen molar-refractivity contribution in [3.05, 3.63) is 0 Å². The molecule has 0 aliphatic carbocycles. The average Bonchev–Trinajstić information content (AvgIpc) is 2.34. The molecule has 1 heterocycles. The normalized spacial score (nSPS) is 31.5. The standard InChI is InChI=1S/C7H9NO2/c1-2-5-3-4-6(8-5)7(9)10/h1,5-6,8H,3-4H2,(H,9,10)/t5-,6+/m1/s1. The Balaban J connectivity index is 2.45. The number of terminal acetylenes is 1.